The Labute approximate surface area is 100 Å². The second-order valence-corrected chi connectivity index (χ2v) is 4.88. The number of ketones is 1. The fourth-order valence-electron chi connectivity index (χ4n) is 2.18. The van der Waals surface area contributed by atoms with Crippen LogP contribution in [-0.2, 0) is 11.3 Å². The molecule has 88 valence electrons. The average Bonchev–Trinajstić information content (AvgIpc) is 3.10. The van der Waals surface area contributed by atoms with E-state index in [1.165, 1.54) is 12.8 Å². The summed E-state index contributed by atoms with van der Waals surface area (Å²) in [5.41, 5.74) is 2.01. The summed E-state index contributed by atoms with van der Waals surface area (Å²) in [6.07, 6.45) is 6.20. The quantitative estimate of drug-likeness (QED) is 0.788. The van der Waals surface area contributed by atoms with Gasteiger partial charge in [0.05, 0.1) is 23.9 Å². The highest BCUT2D eigenvalue weighted by molar-refractivity contribution is 5.81. The lowest BCUT2D eigenvalue weighted by atomic mass is 10.1. The third-order valence-corrected chi connectivity index (χ3v) is 3.40. The van der Waals surface area contributed by atoms with Gasteiger partial charge in [-0.3, -0.25) is 4.79 Å². The molecule has 2 aromatic rings. The van der Waals surface area contributed by atoms with Crippen LogP contribution in [0, 0.1) is 5.92 Å². The maximum atomic E-state index is 11.8. The van der Waals surface area contributed by atoms with Crippen molar-refractivity contribution in [2.75, 3.05) is 0 Å². The Balaban J connectivity index is 1.68. The molecular formula is C14H16N2O. The second kappa shape index (κ2) is 4.32. The molecule has 0 N–H and O–H groups in total. The van der Waals surface area contributed by atoms with Gasteiger partial charge in [-0.1, -0.05) is 25.0 Å². The minimum Gasteiger partial charge on any atom is -0.323 e. The first-order valence-electron chi connectivity index (χ1n) is 6.24. The van der Waals surface area contributed by atoms with Gasteiger partial charge in [0.1, 0.15) is 0 Å². The maximum absolute atomic E-state index is 11.8. The van der Waals surface area contributed by atoms with E-state index in [9.17, 15) is 4.79 Å². The van der Waals surface area contributed by atoms with Crippen LogP contribution in [0.3, 0.4) is 0 Å². The molecule has 1 aliphatic carbocycles. The molecule has 0 amide bonds. The van der Waals surface area contributed by atoms with E-state index >= 15 is 0 Å². The van der Waals surface area contributed by atoms with Crippen LogP contribution in [0.2, 0.25) is 0 Å². The molecule has 1 saturated carbocycles. The summed E-state index contributed by atoms with van der Waals surface area (Å²) in [4.78, 5) is 16.1. The number of rotatable bonds is 5. The lowest BCUT2D eigenvalue weighted by Gasteiger charge is -2.03. The number of carbonyl (C=O) groups excluding carboxylic acids is 1. The van der Waals surface area contributed by atoms with Crippen molar-refractivity contribution in [3.8, 4) is 0 Å². The molecule has 3 nitrogen and oxygen atoms in total. The molecule has 17 heavy (non-hydrogen) atoms. The second-order valence-electron chi connectivity index (χ2n) is 4.88. The zero-order valence-corrected chi connectivity index (χ0v) is 9.80. The largest absolute Gasteiger partial charge is 0.323 e. The standard InChI is InChI=1S/C14H16N2O/c17-12(8-7-11-5-6-11)9-16-10-15-13-3-1-2-4-14(13)16/h1-4,10-11H,5-9H2. The molecule has 1 fully saturated rings. The Morgan fingerprint density at radius 2 is 2.18 bits per heavy atom. The normalized spacial score (nSPS) is 15.3. The molecule has 0 spiro atoms. The number of fused-ring (bicyclic) bond motifs is 1. The predicted octanol–water partition coefficient (Wildman–Crippen LogP) is 2.80. The van der Waals surface area contributed by atoms with E-state index in [-0.39, 0.29) is 0 Å². The van der Waals surface area contributed by atoms with Crippen molar-refractivity contribution in [3.63, 3.8) is 0 Å². The fraction of sp³-hybridized carbons (Fsp3) is 0.429. The first-order chi connectivity index (χ1) is 8.33. The van der Waals surface area contributed by atoms with Gasteiger partial charge in [0, 0.05) is 6.42 Å². The average molecular weight is 228 g/mol. The van der Waals surface area contributed by atoms with Crippen LogP contribution in [0.15, 0.2) is 30.6 Å². The van der Waals surface area contributed by atoms with E-state index in [0.29, 0.717) is 12.3 Å². The van der Waals surface area contributed by atoms with Crippen LogP contribution in [0.5, 0.6) is 0 Å². The van der Waals surface area contributed by atoms with Gasteiger partial charge in [0.2, 0.25) is 0 Å². The third kappa shape index (κ3) is 2.38. The van der Waals surface area contributed by atoms with Crippen LogP contribution < -0.4 is 0 Å². The first kappa shape index (κ1) is 10.5. The topological polar surface area (TPSA) is 34.9 Å². The van der Waals surface area contributed by atoms with E-state index < -0.39 is 0 Å². The zero-order valence-electron chi connectivity index (χ0n) is 9.80. The number of carbonyl (C=O) groups is 1. The van der Waals surface area contributed by atoms with E-state index in [4.69, 9.17) is 0 Å². The summed E-state index contributed by atoms with van der Waals surface area (Å²) in [6.45, 7) is 0.466. The summed E-state index contributed by atoms with van der Waals surface area (Å²) in [5, 5.41) is 0. The van der Waals surface area contributed by atoms with Crippen molar-refractivity contribution in [2.45, 2.75) is 32.2 Å². The Morgan fingerprint density at radius 1 is 1.35 bits per heavy atom. The molecular weight excluding hydrogens is 212 g/mol. The monoisotopic (exact) mass is 228 g/mol. The minimum absolute atomic E-state index is 0.319. The highest BCUT2D eigenvalue weighted by Crippen LogP contribution is 2.33. The molecule has 1 aliphatic rings. The van der Waals surface area contributed by atoms with Gasteiger partial charge in [-0.25, -0.2) is 4.98 Å². The number of Topliss-reactive ketones (excluding diaryl/α,β-unsaturated/α-hetero) is 1. The highest BCUT2D eigenvalue weighted by atomic mass is 16.1. The van der Waals surface area contributed by atoms with Gasteiger partial charge in [0.15, 0.2) is 5.78 Å². The molecule has 3 rings (SSSR count). The van der Waals surface area contributed by atoms with E-state index in [2.05, 4.69) is 4.98 Å². The summed E-state index contributed by atoms with van der Waals surface area (Å²) >= 11 is 0. The van der Waals surface area contributed by atoms with Gasteiger partial charge >= 0.3 is 0 Å². The minimum atomic E-state index is 0.319. The van der Waals surface area contributed by atoms with E-state index in [1.54, 1.807) is 6.33 Å². The van der Waals surface area contributed by atoms with Crippen molar-refractivity contribution < 1.29 is 4.79 Å². The molecule has 0 bridgehead atoms. The summed E-state index contributed by atoms with van der Waals surface area (Å²) in [7, 11) is 0. The van der Waals surface area contributed by atoms with Crippen molar-refractivity contribution in [1.82, 2.24) is 9.55 Å². The Kier molecular flexibility index (Phi) is 2.67. The molecule has 1 aromatic carbocycles. The van der Waals surface area contributed by atoms with Crippen LogP contribution in [-0.4, -0.2) is 15.3 Å². The number of para-hydroxylation sites is 2. The number of nitrogens with zero attached hydrogens (tertiary/aromatic N) is 2. The summed E-state index contributed by atoms with van der Waals surface area (Å²) < 4.78 is 1.95. The van der Waals surface area contributed by atoms with Crippen molar-refractivity contribution in [3.05, 3.63) is 30.6 Å². The maximum Gasteiger partial charge on any atom is 0.152 e. The number of hydrogen-bond donors (Lipinski definition) is 0. The Bertz CT molecular complexity index is 540. The smallest absolute Gasteiger partial charge is 0.152 e. The van der Waals surface area contributed by atoms with Crippen LogP contribution in [0.4, 0.5) is 0 Å². The summed E-state index contributed by atoms with van der Waals surface area (Å²) in [5.74, 6) is 1.15. The van der Waals surface area contributed by atoms with Crippen molar-refractivity contribution in [1.29, 1.82) is 0 Å². The Hall–Kier alpha value is -1.64. The van der Waals surface area contributed by atoms with Crippen molar-refractivity contribution in [2.24, 2.45) is 5.92 Å². The lowest BCUT2D eigenvalue weighted by molar-refractivity contribution is -0.119. The molecule has 0 saturated heterocycles. The molecule has 0 unspecified atom stereocenters. The van der Waals surface area contributed by atoms with Gasteiger partial charge < -0.3 is 4.57 Å². The first-order valence-corrected chi connectivity index (χ1v) is 6.24. The zero-order chi connectivity index (χ0) is 11.7. The van der Waals surface area contributed by atoms with E-state index in [1.807, 2.05) is 28.8 Å². The lowest BCUT2D eigenvalue weighted by Crippen LogP contribution is -2.09. The van der Waals surface area contributed by atoms with E-state index in [0.717, 1.165) is 29.8 Å². The molecule has 0 atom stereocenters. The van der Waals surface area contributed by atoms with Crippen LogP contribution >= 0.6 is 0 Å². The molecule has 0 radical (unpaired) electrons. The van der Waals surface area contributed by atoms with Gasteiger partial charge in [0.25, 0.3) is 0 Å². The number of imidazole rings is 1. The Morgan fingerprint density at radius 3 is 3.00 bits per heavy atom. The number of hydrogen-bond acceptors (Lipinski definition) is 2. The molecule has 3 heteroatoms. The molecule has 1 aromatic heterocycles. The predicted molar refractivity (Wildman–Crippen MR) is 66.7 cm³/mol. The molecule has 1 heterocycles. The van der Waals surface area contributed by atoms with Gasteiger partial charge in [-0.05, 0) is 24.5 Å². The SMILES string of the molecule is O=C(CCC1CC1)Cn1cnc2ccccc21. The third-order valence-electron chi connectivity index (χ3n) is 3.40. The number of aromatic nitrogens is 2. The van der Waals surface area contributed by atoms with Crippen molar-refractivity contribution >= 4 is 16.8 Å². The van der Waals surface area contributed by atoms with Gasteiger partial charge in [-0.15, -0.1) is 0 Å². The molecule has 0 aliphatic heterocycles. The van der Waals surface area contributed by atoms with Crippen LogP contribution in [0.25, 0.3) is 11.0 Å². The highest BCUT2D eigenvalue weighted by Gasteiger charge is 2.21. The fourth-order valence-corrected chi connectivity index (χ4v) is 2.18. The summed E-state index contributed by atoms with van der Waals surface area (Å²) in [6, 6.07) is 7.93. The number of benzene rings is 1. The van der Waals surface area contributed by atoms with Crippen LogP contribution in [0.1, 0.15) is 25.7 Å². The van der Waals surface area contributed by atoms with Gasteiger partial charge in [-0.2, -0.15) is 0 Å².